The van der Waals surface area contributed by atoms with Gasteiger partial charge in [0.1, 0.15) is 11.6 Å². The third kappa shape index (κ3) is 4.45. The van der Waals surface area contributed by atoms with Crippen LogP contribution in [0, 0.1) is 0 Å². The normalized spacial score (nSPS) is 19.6. The van der Waals surface area contributed by atoms with Gasteiger partial charge < -0.3 is 9.47 Å². The monoisotopic (exact) mass is 459 g/mol. The summed E-state index contributed by atoms with van der Waals surface area (Å²) in [5, 5.41) is 8.93. The van der Waals surface area contributed by atoms with Gasteiger partial charge in [-0.2, -0.15) is 4.31 Å². The second kappa shape index (κ2) is 9.70. The molecule has 1 fully saturated rings. The molecule has 0 radical (unpaired) electrons. The molecule has 3 heterocycles. The Morgan fingerprint density at radius 2 is 1.78 bits per heavy atom. The van der Waals surface area contributed by atoms with E-state index in [1.807, 2.05) is 18.7 Å². The van der Waals surface area contributed by atoms with Crippen molar-refractivity contribution in [1.29, 1.82) is 0 Å². The van der Waals surface area contributed by atoms with Crippen molar-refractivity contribution in [3.8, 4) is 0 Å². The van der Waals surface area contributed by atoms with Gasteiger partial charge in [0.05, 0.1) is 4.90 Å². The van der Waals surface area contributed by atoms with Gasteiger partial charge in [-0.3, -0.25) is 4.79 Å². The lowest BCUT2D eigenvalue weighted by Crippen LogP contribution is -2.39. The van der Waals surface area contributed by atoms with E-state index in [0.717, 1.165) is 50.3 Å². The lowest BCUT2D eigenvalue weighted by Gasteiger charge is -2.32. The van der Waals surface area contributed by atoms with Crippen LogP contribution >= 0.6 is 0 Å². The molecular weight excluding hydrogens is 426 g/mol. The number of hydrogen-bond donors (Lipinski definition) is 0. The van der Waals surface area contributed by atoms with E-state index in [1.54, 1.807) is 24.3 Å². The molecule has 9 heteroatoms. The van der Waals surface area contributed by atoms with Gasteiger partial charge >= 0.3 is 0 Å². The fourth-order valence-electron chi connectivity index (χ4n) is 4.85. The standard InChI is InChI=1S/C23H33N5O3S/c1-3-27(4-2)32(30,31)20-13-11-18(12-14-20)23(29)26-15-8-9-19(17-26)22-25-24-21-10-6-5-7-16-28(21)22/h11-14,19H,3-10,15-17H2,1-2H3. The second-order valence-corrected chi connectivity index (χ2v) is 10.6. The van der Waals surface area contributed by atoms with E-state index in [1.165, 1.54) is 10.7 Å². The van der Waals surface area contributed by atoms with E-state index in [0.29, 0.717) is 31.7 Å². The molecule has 0 spiro atoms. The molecule has 4 rings (SSSR count). The summed E-state index contributed by atoms with van der Waals surface area (Å²) in [5.41, 5.74) is 0.518. The van der Waals surface area contributed by atoms with Crippen LogP contribution < -0.4 is 0 Å². The van der Waals surface area contributed by atoms with E-state index in [9.17, 15) is 13.2 Å². The highest BCUT2D eigenvalue weighted by Crippen LogP contribution is 2.29. The summed E-state index contributed by atoms with van der Waals surface area (Å²) in [6.45, 7) is 6.76. The number of aromatic nitrogens is 3. The molecule has 0 bridgehead atoms. The first-order valence-electron chi connectivity index (χ1n) is 11.8. The van der Waals surface area contributed by atoms with E-state index in [4.69, 9.17) is 0 Å². The molecule has 0 aliphatic carbocycles. The van der Waals surface area contributed by atoms with Gasteiger partial charge in [-0.1, -0.05) is 20.3 Å². The molecule has 32 heavy (non-hydrogen) atoms. The number of sulfonamides is 1. The van der Waals surface area contributed by atoms with E-state index >= 15 is 0 Å². The van der Waals surface area contributed by atoms with Gasteiger partial charge in [0.25, 0.3) is 5.91 Å². The molecule has 8 nitrogen and oxygen atoms in total. The number of aryl methyl sites for hydroxylation is 1. The number of carbonyl (C=O) groups excluding carboxylic acids is 1. The van der Waals surface area contributed by atoms with Gasteiger partial charge in [-0.25, -0.2) is 8.42 Å². The quantitative estimate of drug-likeness (QED) is 0.662. The van der Waals surface area contributed by atoms with Gasteiger partial charge in [-0.15, -0.1) is 10.2 Å². The van der Waals surface area contributed by atoms with Crippen molar-refractivity contribution in [1.82, 2.24) is 24.0 Å². The molecule has 1 saturated heterocycles. The third-order valence-electron chi connectivity index (χ3n) is 6.66. The topological polar surface area (TPSA) is 88.4 Å². The summed E-state index contributed by atoms with van der Waals surface area (Å²) < 4.78 is 29.1. The maximum absolute atomic E-state index is 13.2. The highest BCUT2D eigenvalue weighted by atomic mass is 32.2. The first-order chi connectivity index (χ1) is 15.5. The minimum Gasteiger partial charge on any atom is -0.338 e. The van der Waals surface area contributed by atoms with Crippen LogP contribution in [-0.2, 0) is 23.0 Å². The van der Waals surface area contributed by atoms with E-state index in [-0.39, 0.29) is 16.7 Å². The lowest BCUT2D eigenvalue weighted by molar-refractivity contribution is 0.0703. The van der Waals surface area contributed by atoms with Crippen LogP contribution in [-0.4, -0.2) is 64.5 Å². The predicted octanol–water partition coefficient (Wildman–Crippen LogP) is 3.05. The largest absolute Gasteiger partial charge is 0.338 e. The Labute approximate surface area is 190 Å². The number of fused-ring (bicyclic) bond motifs is 1. The Balaban J connectivity index is 1.49. The molecule has 0 saturated carbocycles. The highest BCUT2D eigenvalue weighted by molar-refractivity contribution is 7.89. The number of carbonyl (C=O) groups is 1. The Kier molecular flexibility index (Phi) is 6.95. The van der Waals surface area contributed by atoms with Crippen LogP contribution in [0.1, 0.15) is 73.9 Å². The van der Waals surface area contributed by atoms with E-state index < -0.39 is 10.0 Å². The number of hydrogen-bond acceptors (Lipinski definition) is 5. The lowest BCUT2D eigenvalue weighted by atomic mass is 9.96. The fraction of sp³-hybridized carbons (Fsp3) is 0.609. The summed E-state index contributed by atoms with van der Waals surface area (Å²) in [6.07, 6.45) is 6.43. The van der Waals surface area contributed by atoms with Crippen molar-refractivity contribution < 1.29 is 13.2 Å². The average molecular weight is 460 g/mol. The molecule has 1 unspecified atom stereocenters. The molecule has 174 valence electrons. The van der Waals surface area contributed by atoms with Crippen molar-refractivity contribution >= 4 is 15.9 Å². The van der Waals surface area contributed by atoms with Crippen molar-refractivity contribution in [2.45, 2.75) is 69.7 Å². The molecule has 0 N–H and O–H groups in total. The van der Waals surface area contributed by atoms with Gasteiger partial charge in [-0.05, 0) is 49.9 Å². The number of likely N-dealkylation sites (tertiary alicyclic amines) is 1. The van der Waals surface area contributed by atoms with Crippen LogP contribution in [0.25, 0.3) is 0 Å². The first-order valence-corrected chi connectivity index (χ1v) is 13.2. The Morgan fingerprint density at radius 3 is 2.50 bits per heavy atom. The zero-order chi connectivity index (χ0) is 22.7. The second-order valence-electron chi connectivity index (χ2n) is 8.64. The zero-order valence-electron chi connectivity index (χ0n) is 19.0. The summed E-state index contributed by atoms with van der Waals surface area (Å²) in [7, 11) is -3.53. The number of benzene rings is 1. The number of rotatable bonds is 6. The smallest absolute Gasteiger partial charge is 0.253 e. The summed E-state index contributed by atoms with van der Waals surface area (Å²) in [6, 6.07) is 6.35. The molecule has 2 aliphatic heterocycles. The van der Waals surface area contributed by atoms with Gasteiger partial charge in [0, 0.05) is 50.6 Å². The minimum atomic E-state index is -3.53. The SMILES string of the molecule is CCN(CC)S(=O)(=O)c1ccc(C(=O)N2CCCC(c3nnc4n3CCCCC4)C2)cc1. The van der Waals surface area contributed by atoms with E-state index in [2.05, 4.69) is 14.8 Å². The summed E-state index contributed by atoms with van der Waals surface area (Å²) in [4.78, 5) is 15.3. The van der Waals surface area contributed by atoms with Gasteiger partial charge in [0.15, 0.2) is 0 Å². The summed E-state index contributed by atoms with van der Waals surface area (Å²) >= 11 is 0. The van der Waals surface area contributed by atoms with Crippen LogP contribution in [0.3, 0.4) is 0 Å². The van der Waals surface area contributed by atoms with Crippen molar-refractivity contribution in [3.63, 3.8) is 0 Å². The van der Waals surface area contributed by atoms with Crippen LogP contribution in [0.4, 0.5) is 0 Å². The van der Waals surface area contributed by atoms with Crippen molar-refractivity contribution in [3.05, 3.63) is 41.5 Å². The number of amides is 1. The molecule has 2 aromatic rings. The molecule has 1 aromatic carbocycles. The van der Waals surface area contributed by atoms with Crippen molar-refractivity contribution in [2.24, 2.45) is 0 Å². The Hall–Kier alpha value is -2.26. The Morgan fingerprint density at radius 1 is 1.03 bits per heavy atom. The fourth-order valence-corrected chi connectivity index (χ4v) is 6.30. The molecule has 2 aliphatic rings. The molecule has 1 amide bonds. The predicted molar refractivity (Wildman–Crippen MR) is 122 cm³/mol. The van der Waals surface area contributed by atoms with Crippen LogP contribution in [0.15, 0.2) is 29.2 Å². The van der Waals surface area contributed by atoms with Crippen molar-refractivity contribution in [2.75, 3.05) is 26.2 Å². The first kappa shape index (κ1) is 22.9. The maximum Gasteiger partial charge on any atom is 0.253 e. The molecule has 1 aromatic heterocycles. The Bertz CT molecular complexity index is 1040. The zero-order valence-corrected chi connectivity index (χ0v) is 19.9. The number of nitrogens with zero attached hydrogens (tertiary/aromatic N) is 5. The van der Waals surface area contributed by atoms with Crippen LogP contribution in [0.2, 0.25) is 0 Å². The molecule has 1 atom stereocenters. The van der Waals surface area contributed by atoms with Crippen LogP contribution in [0.5, 0.6) is 0 Å². The third-order valence-corrected chi connectivity index (χ3v) is 8.72. The molecular formula is C23H33N5O3S. The number of piperidine rings is 1. The minimum absolute atomic E-state index is 0.0582. The summed E-state index contributed by atoms with van der Waals surface area (Å²) in [5.74, 6) is 2.22. The maximum atomic E-state index is 13.2. The average Bonchev–Trinajstić information content (AvgIpc) is 3.07. The van der Waals surface area contributed by atoms with Gasteiger partial charge in [0.2, 0.25) is 10.0 Å². The highest BCUT2D eigenvalue weighted by Gasteiger charge is 2.30.